The van der Waals surface area contributed by atoms with Gasteiger partial charge in [0, 0.05) is 6.07 Å². The second-order valence-corrected chi connectivity index (χ2v) is 3.30. The maximum absolute atomic E-state index is 10.7. The van der Waals surface area contributed by atoms with E-state index in [1.807, 2.05) is 0 Å². The zero-order valence-electron chi connectivity index (χ0n) is 8.87. The van der Waals surface area contributed by atoms with Gasteiger partial charge >= 0.3 is 5.97 Å². The molecule has 0 amide bonds. The van der Waals surface area contributed by atoms with Crippen LogP contribution in [0.3, 0.4) is 0 Å². The Hall–Kier alpha value is -2.21. The SMILES string of the molecule is O=C(O)CC=Cc1ccc(CO)c([N+](=O)[O-])c1. The number of hydrogen-bond donors (Lipinski definition) is 2. The van der Waals surface area contributed by atoms with Crippen LogP contribution in [0.2, 0.25) is 0 Å². The lowest BCUT2D eigenvalue weighted by Crippen LogP contribution is -1.95. The molecule has 0 saturated heterocycles. The van der Waals surface area contributed by atoms with Gasteiger partial charge in [-0.25, -0.2) is 0 Å². The van der Waals surface area contributed by atoms with E-state index in [2.05, 4.69) is 0 Å². The van der Waals surface area contributed by atoms with E-state index < -0.39 is 17.5 Å². The first-order chi connectivity index (χ1) is 8.04. The molecule has 0 aliphatic carbocycles. The molecule has 0 fully saturated rings. The number of rotatable bonds is 5. The monoisotopic (exact) mass is 237 g/mol. The van der Waals surface area contributed by atoms with E-state index in [0.29, 0.717) is 5.56 Å². The summed E-state index contributed by atoms with van der Waals surface area (Å²) in [6.07, 6.45) is 2.75. The molecule has 0 aliphatic heterocycles. The summed E-state index contributed by atoms with van der Waals surface area (Å²) in [7, 11) is 0. The number of carbonyl (C=O) groups is 1. The zero-order valence-corrected chi connectivity index (χ0v) is 8.87. The molecular formula is C11H11NO5. The normalized spacial score (nSPS) is 10.6. The fourth-order valence-electron chi connectivity index (χ4n) is 1.28. The highest BCUT2D eigenvalue weighted by atomic mass is 16.6. The second-order valence-electron chi connectivity index (χ2n) is 3.30. The quantitative estimate of drug-likeness (QED) is 0.598. The van der Waals surface area contributed by atoms with Crippen molar-refractivity contribution in [3.05, 3.63) is 45.5 Å². The minimum Gasteiger partial charge on any atom is -0.481 e. The van der Waals surface area contributed by atoms with Gasteiger partial charge < -0.3 is 10.2 Å². The Labute approximate surface area is 97.0 Å². The van der Waals surface area contributed by atoms with Crippen LogP contribution in [0, 0.1) is 10.1 Å². The van der Waals surface area contributed by atoms with Crippen molar-refractivity contribution in [3.63, 3.8) is 0 Å². The van der Waals surface area contributed by atoms with Gasteiger partial charge in [-0.2, -0.15) is 0 Å². The molecule has 6 heteroatoms. The summed E-state index contributed by atoms with van der Waals surface area (Å²) in [5.41, 5.74) is 0.575. The summed E-state index contributed by atoms with van der Waals surface area (Å²) >= 11 is 0. The topological polar surface area (TPSA) is 101 Å². The molecule has 0 aromatic heterocycles. The minimum atomic E-state index is -0.970. The van der Waals surface area contributed by atoms with Crippen molar-refractivity contribution >= 4 is 17.7 Å². The second kappa shape index (κ2) is 5.76. The van der Waals surface area contributed by atoms with Gasteiger partial charge in [0.15, 0.2) is 0 Å². The molecule has 0 bridgehead atoms. The smallest absolute Gasteiger partial charge is 0.307 e. The van der Waals surface area contributed by atoms with E-state index in [4.69, 9.17) is 10.2 Å². The number of carboxylic acid groups (broad SMARTS) is 1. The van der Waals surface area contributed by atoms with Crippen LogP contribution in [0.15, 0.2) is 24.3 Å². The summed E-state index contributed by atoms with van der Waals surface area (Å²) in [5, 5.41) is 28.0. The molecule has 1 aromatic rings. The van der Waals surface area contributed by atoms with Crippen molar-refractivity contribution in [3.8, 4) is 0 Å². The third-order valence-corrected chi connectivity index (χ3v) is 2.08. The molecule has 1 aromatic carbocycles. The van der Waals surface area contributed by atoms with Crippen LogP contribution in [-0.4, -0.2) is 21.1 Å². The predicted octanol–water partition coefficient (Wildman–Crippen LogP) is 1.57. The average Bonchev–Trinajstić information content (AvgIpc) is 2.28. The highest BCUT2D eigenvalue weighted by Gasteiger charge is 2.12. The van der Waals surface area contributed by atoms with Crippen LogP contribution in [0.4, 0.5) is 5.69 Å². The number of aliphatic hydroxyl groups is 1. The third-order valence-electron chi connectivity index (χ3n) is 2.08. The number of aliphatic carboxylic acids is 1. The molecule has 0 saturated carbocycles. The van der Waals surface area contributed by atoms with E-state index in [0.717, 1.165) is 0 Å². The number of nitro benzene ring substituents is 1. The maximum Gasteiger partial charge on any atom is 0.307 e. The lowest BCUT2D eigenvalue weighted by molar-refractivity contribution is -0.385. The van der Waals surface area contributed by atoms with E-state index in [1.54, 1.807) is 6.07 Å². The summed E-state index contributed by atoms with van der Waals surface area (Å²) in [6, 6.07) is 4.32. The molecule has 17 heavy (non-hydrogen) atoms. The van der Waals surface area contributed by atoms with Gasteiger partial charge in [0.1, 0.15) is 0 Å². The van der Waals surface area contributed by atoms with Crippen LogP contribution in [0.1, 0.15) is 17.5 Å². The van der Waals surface area contributed by atoms with Crippen LogP contribution < -0.4 is 0 Å². The maximum atomic E-state index is 10.7. The number of nitrogens with zero attached hydrogens (tertiary/aromatic N) is 1. The van der Waals surface area contributed by atoms with Gasteiger partial charge in [0.25, 0.3) is 5.69 Å². The Morgan fingerprint density at radius 2 is 2.18 bits per heavy atom. The molecule has 2 N–H and O–H groups in total. The molecule has 0 atom stereocenters. The number of hydrogen-bond acceptors (Lipinski definition) is 4. The van der Waals surface area contributed by atoms with Crippen molar-refractivity contribution in [2.45, 2.75) is 13.0 Å². The highest BCUT2D eigenvalue weighted by molar-refractivity contribution is 5.70. The predicted molar refractivity (Wildman–Crippen MR) is 60.3 cm³/mol. The number of benzene rings is 1. The van der Waals surface area contributed by atoms with E-state index in [9.17, 15) is 14.9 Å². The zero-order chi connectivity index (χ0) is 12.8. The van der Waals surface area contributed by atoms with Crippen molar-refractivity contribution in [1.82, 2.24) is 0 Å². The van der Waals surface area contributed by atoms with Crippen molar-refractivity contribution in [2.75, 3.05) is 0 Å². The van der Waals surface area contributed by atoms with Crippen LogP contribution in [0.5, 0.6) is 0 Å². The number of aliphatic hydroxyl groups excluding tert-OH is 1. The molecule has 6 nitrogen and oxygen atoms in total. The van der Waals surface area contributed by atoms with E-state index in [1.165, 1.54) is 24.3 Å². The third kappa shape index (κ3) is 3.69. The molecular weight excluding hydrogens is 226 g/mol. The van der Waals surface area contributed by atoms with Crippen molar-refractivity contribution < 1.29 is 19.9 Å². The highest BCUT2D eigenvalue weighted by Crippen LogP contribution is 2.21. The minimum absolute atomic E-state index is 0.143. The lowest BCUT2D eigenvalue weighted by Gasteiger charge is -2.00. The Kier molecular flexibility index (Phi) is 4.36. The molecule has 0 heterocycles. The standard InChI is InChI=1S/C11H11NO5/c13-7-9-5-4-8(2-1-3-11(14)15)6-10(9)12(16)17/h1-2,4-6,13H,3,7H2,(H,14,15). The number of nitro groups is 1. The summed E-state index contributed by atoms with van der Waals surface area (Å²) in [6.45, 7) is -0.407. The van der Waals surface area contributed by atoms with Gasteiger partial charge in [-0.1, -0.05) is 18.2 Å². The summed E-state index contributed by atoms with van der Waals surface area (Å²) in [5.74, 6) is -0.970. The molecule has 0 spiro atoms. The van der Waals surface area contributed by atoms with E-state index >= 15 is 0 Å². The fraction of sp³-hybridized carbons (Fsp3) is 0.182. The molecule has 0 aliphatic rings. The van der Waals surface area contributed by atoms with Gasteiger partial charge in [-0.3, -0.25) is 14.9 Å². The Morgan fingerprint density at radius 3 is 2.71 bits per heavy atom. The lowest BCUT2D eigenvalue weighted by atomic mass is 10.1. The Balaban J connectivity index is 2.96. The van der Waals surface area contributed by atoms with Gasteiger partial charge in [-0.15, -0.1) is 0 Å². The summed E-state index contributed by atoms with van der Waals surface area (Å²) in [4.78, 5) is 20.4. The first-order valence-corrected chi connectivity index (χ1v) is 4.81. The fourth-order valence-corrected chi connectivity index (χ4v) is 1.28. The van der Waals surface area contributed by atoms with Gasteiger partial charge in [-0.05, 0) is 11.6 Å². The Bertz CT molecular complexity index is 467. The first-order valence-electron chi connectivity index (χ1n) is 4.81. The van der Waals surface area contributed by atoms with Gasteiger partial charge in [0.2, 0.25) is 0 Å². The van der Waals surface area contributed by atoms with Crippen molar-refractivity contribution in [1.29, 1.82) is 0 Å². The molecule has 1 rings (SSSR count). The molecule has 90 valence electrons. The first kappa shape index (κ1) is 12.9. The average molecular weight is 237 g/mol. The van der Waals surface area contributed by atoms with E-state index in [-0.39, 0.29) is 17.7 Å². The van der Waals surface area contributed by atoms with Crippen molar-refractivity contribution in [2.24, 2.45) is 0 Å². The molecule has 0 radical (unpaired) electrons. The molecule has 0 unspecified atom stereocenters. The van der Waals surface area contributed by atoms with Crippen LogP contribution in [-0.2, 0) is 11.4 Å². The largest absolute Gasteiger partial charge is 0.481 e. The van der Waals surface area contributed by atoms with Crippen LogP contribution in [0.25, 0.3) is 6.08 Å². The van der Waals surface area contributed by atoms with Gasteiger partial charge in [0.05, 0.1) is 23.5 Å². The van der Waals surface area contributed by atoms with Crippen LogP contribution >= 0.6 is 0 Å². The Morgan fingerprint density at radius 1 is 1.47 bits per heavy atom. The summed E-state index contributed by atoms with van der Waals surface area (Å²) < 4.78 is 0. The number of carboxylic acids is 1.